The molecule has 0 bridgehead atoms. The molecule has 8 heteroatoms. The number of sulfonamides is 1. The summed E-state index contributed by atoms with van der Waals surface area (Å²) in [5, 5.41) is 3.18. The Balaban J connectivity index is 2.06. The lowest BCUT2D eigenvalue weighted by atomic mass is 10.1. The van der Waals surface area contributed by atoms with Crippen LogP contribution in [0.4, 0.5) is 5.69 Å². The summed E-state index contributed by atoms with van der Waals surface area (Å²) in [6.45, 7) is 1.19. The van der Waals surface area contributed by atoms with Gasteiger partial charge in [0.15, 0.2) is 5.78 Å². The first-order chi connectivity index (χ1) is 12.1. The van der Waals surface area contributed by atoms with E-state index in [1.807, 2.05) is 0 Å². The Kier molecular flexibility index (Phi) is 6.52. The van der Waals surface area contributed by atoms with Crippen molar-refractivity contribution in [2.24, 2.45) is 0 Å². The SMILES string of the molecule is CC(=O)c1ccc(NC(=O)CN(Cc2ccc(Cl)cc2)S(C)(=O)=O)cc1. The van der Waals surface area contributed by atoms with Gasteiger partial charge in [0.05, 0.1) is 12.8 Å². The van der Waals surface area contributed by atoms with Gasteiger partial charge >= 0.3 is 0 Å². The van der Waals surface area contributed by atoms with Crippen LogP contribution < -0.4 is 5.32 Å². The number of Topliss-reactive ketones (excluding diaryl/α,β-unsaturated/α-hetero) is 1. The van der Waals surface area contributed by atoms with Crippen LogP contribution in [-0.2, 0) is 21.4 Å². The summed E-state index contributed by atoms with van der Waals surface area (Å²) in [4.78, 5) is 23.5. The molecule has 0 heterocycles. The lowest BCUT2D eigenvalue weighted by molar-refractivity contribution is -0.116. The normalized spacial score (nSPS) is 11.4. The van der Waals surface area contributed by atoms with E-state index in [1.165, 1.54) is 6.92 Å². The summed E-state index contributed by atoms with van der Waals surface area (Å²) in [6.07, 6.45) is 1.05. The van der Waals surface area contributed by atoms with E-state index in [0.717, 1.165) is 16.1 Å². The zero-order chi connectivity index (χ0) is 19.3. The second kappa shape index (κ2) is 8.44. The van der Waals surface area contributed by atoms with Gasteiger partial charge in [0.1, 0.15) is 0 Å². The van der Waals surface area contributed by atoms with Crippen LogP contribution in [0.5, 0.6) is 0 Å². The Labute approximate surface area is 157 Å². The number of anilines is 1. The highest BCUT2D eigenvalue weighted by Crippen LogP contribution is 2.14. The van der Waals surface area contributed by atoms with E-state index in [0.29, 0.717) is 16.3 Å². The number of hydrogen-bond acceptors (Lipinski definition) is 4. The van der Waals surface area contributed by atoms with Gasteiger partial charge in [-0.25, -0.2) is 8.42 Å². The van der Waals surface area contributed by atoms with Gasteiger partial charge in [-0.3, -0.25) is 9.59 Å². The number of hydrogen-bond donors (Lipinski definition) is 1. The number of nitrogens with zero attached hydrogens (tertiary/aromatic N) is 1. The molecule has 138 valence electrons. The minimum absolute atomic E-state index is 0.0622. The molecule has 0 aliphatic carbocycles. The minimum Gasteiger partial charge on any atom is -0.325 e. The zero-order valence-electron chi connectivity index (χ0n) is 14.4. The van der Waals surface area contributed by atoms with Crippen LogP contribution in [0.1, 0.15) is 22.8 Å². The van der Waals surface area contributed by atoms with E-state index in [4.69, 9.17) is 11.6 Å². The third kappa shape index (κ3) is 5.94. The molecule has 0 unspecified atom stereocenters. The largest absolute Gasteiger partial charge is 0.325 e. The van der Waals surface area contributed by atoms with E-state index < -0.39 is 15.9 Å². The maximum Gasteiger partial charge on any atom is 0.239 e. The number of carbonyl (C=O) groups is 2. The third-order valence-corrected chi connectivity index (χ3v) is 5.08. The van der Waals surface area contributed by atoms with Crippen molar-refractivity contribution in [2.75, 3.05) is 18.1 Å². The monoisotopic (exact) mass is 394 g/mol. The van der Waals surface area contributed by atoms with Crippen molar-refractivity contribution in [1.29, 1.82) is 0 Å². The second-order valence-electron chi connectivity index (χ2n) is 5.84. The lowest BCUT2D eigenvalue weighted by Gasteiger charge is -2.19. The molecule has 0 radical (unpaired) electrons. The molecule has 0 saturated carbocycles. The Hall–Kier alpha value is -2.22. The summed E-state index contributed by atoms with van der Waals surface area (Å²) < 4.78 is 25.1. The van der Waals surface area contributed by atoms with Crippen LogP contribution in [0.15, 0.2) is 48.5 Å². The van der Waals surface area contributed by atoms with Crippen molar-refractivity contribution >= 4 is 39.0 Å². The molecule has 0 atom stereocenters. The predicted molar refractivity (Wildman–Crippen MR) is 102 cm³/mol. The van der Waals surface area contributed by atoms with Crippen LogP contribution in [0.3, 0.4) is 0 Å². The van der Waals surface area contributed by atoms with E-state index in [9.17, 15) is 18.0 Å². The Bertz CT molecular complexity index is 894. The smallest absolute Gasteiger partial charge is 0.239 e. The fourth-order valence-corrected chi connectivity index (χ4v) is 3.09. The molecular formula is C18H19ClN2O4S. The fourth-order valence-electron chi connectivity index (χ4n) is 2.23. The molecule has 26 heavy (non-hydrogen) atoms. The summed E-state index contributed by atoms with van der Waals surface area (Å²) in [5.74, 6) is -0.547. The van der Waals surface area contributed by atoms with Crippen molar-refractivity contribution < 1.29 is 18.0 Å². The Morgan fingerprint density at radius 3 is 2.12 bits per heavy atom. The summed E-state index contributed by atoms with van der Waals surface area (Å²) >= 11 is 5.83. The fraction of sp³-hybridized carbons (Fsp3) is 0.222. The molecule has 0 aromatic heterocycles. The van der Waals surface area contributed by atoms with E-state index in [-0.39, 0.29) is 18.9 Å². The number of halogens is 1. The van der Waals surface area contributed by atoms with E-state index >= 15 is 0 Å². The Morgan fingerprint density at radius 1 is 1.04 bits per heavy atom. The molecule has 0 aliphatic rings. The third-order valence-electron chi connectivity index (χ3n) is 3.64. The number of amides is 1. The highest BCUT2D eigenvalue weighted by Gasteiger charge is 2.20. The van der Waals surface area contributed by atoms with Crippen LogP contribution in [-0.4, -0.2) is 37.2 Å². The first kappa shape index (κ1) is 20.1. The molecule has 0 fully saturated rings. The van der Waals surface area contributed by atoms with Crippen molar-refractivity contribution in [3.8, 4) is 0 Å². The quantitative estimate of drug-likeness (QED) is 0.732. The standard InChI is InChI=1S/C18H19ClN2O4S/c1-13(22)15-5-9-17(10-6-15)20-18(23)12-21(26(2,24)25)11-14-3-7-16(19)8-4-14/h3-10H,11-12H2,1-2H3,(H,20,23). The maximum absolute atomic E-state index is 12.2. The van der Waals surface area contributed by atoms with Gasteiger partial charge in [-0.05, 0) is 48.9 Å². The summed E-state index contributed by atoms with van der Waals surface area (Å²) in [5.41, 5.74) is 1.74. The van der Waals surface area contributed by atoms with Crippen molar-refractivity contribution in [2.45, 2.75) is 13.5 Å². The van der Waals surface area contributed by atoms with Crippen molar-refractivity contribution in [1.82, 2.24) is 4.31 Å². The molecule has 0 aliphatic heterocycles. The van der Waals surface area contributed by atoms with Gasteiger partial charge < -0.3 is 5.32 Å². The molecule has 2 aromatic rings. The molecular weight excluding hydrogens is 376 g/mol. The highest BCUT2D eigenvalue weighted by atomic mass is 35.5. The molecule has 0 spiro atoms. The Morgan fingerprint density at radius 2 is 1.62 bits per heavy atom. The van der Waals surface area contributed by atoms with Crippen LogP contribution in [0.2, 0.25) is 5.02 Å². The molecule has 2 aromatic carbocycles. The summed E-state index contributed by atoms with van der Waals surface area (Å²) in [7, 11) is -3.58. The molecule has 2 rings (SSSR count). The predicted octanol–water partition coefficient (Wildman–Crippen LogP) is 2.94. The number of rotatable bonds is 7. The minimum atomic E-state index is -3.58. The molecule has 6 nitrogen and oxygen atoms in total. The van der Waals surface area contributed by atoms with E-state index in [2.05, 4.69) is 5.32 Å². The first-order valence-corrected chi connectivity index (χ1v) is 9.98. The second-order valence-corrected chi connectivity index (χ2v) is 8.26. The average Bonchev–Trinajstić information content (AvgIpc) is 2.56. The molecule has 1 amide bonds. The van der Waals surface area contributed by atoms with Gasteiger partial charge in [0.25, 0.3) is 0 Å². The zero-order valence-corrected chi connectivity index (χ0v) is 16.0. The van der Waals surface area contributed by atoms with Gasteiger partial charge in [-0.15, -0.1) is 0 Å². The topological polar surface area (TPSA) is 83.6 Å². The van der Waals surface area contributed by atoms with Crippen LogP contribution in [0, 0.1) is 0 Å². The van der Waals surface area contributed by atoms with Gasteiger partial charge in [-0.1, -0.05) is 23.7 Å². The number of benzene rings is 2. The van der Waals surface area contributed by atoms with Crippen molar-refractivity contribution in [3.63, 3.8) is 0 Å². The maximum atomic E-state index is 12.2. The number of carbonyl (C=O) groups excluding carboxylic acids is 2. The number of ketones is 1. The average molecular weight is 395 g/mol. The lowest BCUT2D eigenvalue weighted by Crippen LogP contribution is -2.36. The van der Waals surface area contributed by atoms with Gasteiger partial charge in [-0.2, -0.15) is 4.31 Å². The van der Waals surface area contributed by atoms with Crippen molar-refractivity contribution in [3.05, 3.63) is 64.7 Å². The number of nitrogens with one attached hydrogen (secondary N) is 1. The van der Waals surface area contributed by atoms with Gasteiger partial charge in [0.2, 0.25) is 15.9 Å². The van der Waals surface area contributed by atoms with Crippen LogP contribution in [0.25, 0.3) is 0 Å². The highest BCUT2D eigenvalue weighted by molar-refractivity contribution is 7.88. The van der Waals surface area contributed by atoms with Crippen LogP contribution >= 0.6 is 11.6 Å². The summed E-state index contributed by atoms with van der Waals surface area (Å²) in [6, 6.07) is 13.1. The molecule has 0 saturated heterocycles. The first-order valence-electron chi connectivity index (χ1n) is 7.75. The van der Waals surface area contributed by atoms with Gasteiger partial charge in [0, 0.05) is 22.8 Å². The van der Waals surface area contributed by atoms with E-state index in [1.54, 1.807) is 48.5 Å². The molecule has 1 N–H and O–H groups in total.